The first-order chi connectivity index (χ1) is 12.4. The average Bonchev–Trinajstić information content (AvgIpc) is 3.40. The molecule has 0 aromatic heterocycles. The minimum absolute atomic E-state index is 0.0173. The largest absolute Gasteiger partial charge is 0.435 e. The Bertz CT molecular complexity index is 776. The van der Waals surface area contributed by atoms with Crippen LogP contribution in [0.15, 0.2) is 42.5 Å². The van der Waals surface area contributed by atoms with E-state index in [9.17, 15) is 22.4 Å². The lowest BCUT2D eigenvalue weighted by Crippen LogP contribution is -2.34. The molecule has 26 heavy (non-hydrogen) atoms. The number of hydrogen-bond acceptors (Lipinski definition) is 2. The molecule has 0 atom stereocenters. The van der Waals surface area contributed by atoms with Gasteiger partial charge in [0.15, 0.2) is 0 Å². The summed E-state index contributed by atoms with van der Waals surface area (Å²) < 4.78 is 55.5. The van der Waals surface area contributed by atoms with Gasteiger partial charge in [0, 0.05) is 24.2 Å². The number of carbonyl (C=O) groups is 1. The predicted octanol–water partition coefficient (Wildman–Crippen LogP) is 4.30. The maximum absolute atomic E-state index is 13.9. The average molecular weight is 367 g/mol. The standard InChI is InChI=1S/C19H17F4NO2/c20-14-4-3-13(17(21)10-14)11-24(15-5-6-15)18(25)9-12-1-7-16(8-2-12)26-19(22)23/h1-4,7-8,10,15,19H,5-6,9,11H2. The molecule has 1 aliphatic rings. The van der Waals surface area contributed by atoms with E-state index in [0.717, 1.165) is 25.0 Å². The second-order valence-corrected chi connectivity index (χ2v) is 6.19. The molecule has 0 radical (unpaired) electrons. The molecule has 138 valence electrons. The summed E-state index contributed by atoms with van der Waals surface area (Å²) in [6, 6.07) is 9.17. The maximum Gasteiger partial charge on any atom is 0.387 e. The van der Waals surface area contributed by atoms with Gasteiger partial charge in [-0.3, -0.25) is 4.79 Å². The lowest BCUT2D eigenvalue weighted by Gasteiger charge is -2.23. The van der Waals surface area contributed by atoms with Gasteiger partial charge in [-0.15, -0.1) is 0 Å². The summed E-state index contributed by atoms with van der Waals surface area (Å²) in [5.74, 6) is -1.53. The van der Waals surface area contributed by atoms with Gasteiger partial charge in [-0.2, -0.15) is 8.78 Å². The van der Waals surface area contributed by atoms with Gasteiger partial charge in [-0.1, -0.05) is 18.2 Å². The topological polar surface area (TPSA) is 29.5 Å². The number of amides is 1. The Morgan fingerprint density at radius 1 is 1.12 bits per heavy atom. The molecule has 0 spiro atoms. The van der Waals surface area contributed by atoms with Gasteiger partial charge in [0.1, 0.15) is 17.4 Å². The predicted molar refractivity (Wildman–Crippen MR) is 86.7 cm³/mol. The van der Waals surface area contributed by atoms with Crippen LogP contribution < -0.4 is 4.74 Å². The second-order valence-electron chi connectivity index (χ2n) is 6.19. The number of carbonyl (C=O) groups excluding carboxylic acids is 1. The van der Waals surface area contributed by atoms with Crippen LogP contribution in [0.1, 0.15) is 24.0 Å². The maximum atomic E-state index is 13.9. The van der Waals surface area contributed by atoms with E-state index < -0.39 is 18.2 Å². The number of hydrogen-bond donors (Lipinski definition) is 0. The van der Waals surface area contributed by atoms with Gasteiger partial charge in [-0.25, -0.2) is 8.78 Å². The lowest BCUT2D eigenvalue weighted by molar-refractivity contribution is -0.131. The Kier molecular flexibility index (Phi) is 5.44. The SMILES string of the molecule is O=C(Cc1ccc(OC(F)F)cc1)N(Cc1ccc(F)cc1F)C1CC1. The smallest absolute Gasteiger partial charge is 0.387 e. The van der Waals surface area contributed by atoms with Crippen LogP contribution in [0, 0.1) is 11.6 Å². The highest BCUT2D eigenvalue weighted by molar-refractivity contribution is 5.79. The molecule has 3 rings (SSSR count). The van der Waals surface area contributed by atoms with Gasteiger partial charge in [-0.05, 0) is 36.6 Å². The molecule has 2 aromatic carbocycles. The van der Waals surface area contributed by atoms with E-state index in [4.69, 9.17) is 0 Å². The van der Waals surface area contributed by atoms with Crippen LogP contribution >= 0.6 is 0 Å². The Labute approximate surface area is 148 Å². The Morgan fingerprint density at radius 3 is 2.38 bits per heavy atom. The van der Waals surface area contributed by atoms with Crippen molar-refractivity contribution in [3.8, 4) is 5.75 Å². The molecule has 1 amide bonds. The molecular formula is C19H17F4NO2. The monoisotopic (exact) mass is 367 g/mol. The Hall–Kier alpha value is -2.57. The van der Waals surface area contributed by atoms with E-state index in [1.54, 1.807) is 17.0 Å². The molecule has 0 aliphatic heterocycles. The quantitative estimate of drug-likeness (QED) is 0.683. The van der Waals surface area contributed by atoms with Crippen molar-refractivity contribution in [3.63, 3.8) is 0 Å². The van der Waals surface area contributed by atoms with Crippen molar-refractivity contribution in [3.05, 3.63) is 65.2 Å². The summed E-state index contributed by atoms with van der Waals surface area (Å²) >= 11 is 0. The van der Waals surface area contributed by atoms with Crippen LogP contribution in [0.25, 0.3) is 0 Å². The molecule has 0 bridgehead atoms. The van der Waals surface area contributed by atoms with Gasteiger partial charge < -0.3 is 9.64 Å². The van der Waals surface area contributed by atoms with E-state index in [2.05, 4.69) is 4.74 Å². The Balaban J connectivity index is 1.67. The first-order valence-electron chi connectivity index (χ1n) is 8.19. The van der Waals surface area contributed by atoms with Crippen LogP contribution in [0.3, 0.4) is 0 Å². The van der Waals surface area contributed by atoms with Crippen LogP contribution in [0.5, 0.6) is 5.75 Å². The first-order valence-corrected chi connectivity index (χ1v) is 8.19. The highest BCUT2D eigenvalue weighted by Gasteiger charge is 2.32. The van der Waals surface area contributed by atoms with Crippen LogP contribution in [-0.2, 0) is 17.8 Å². The molecule has 0 saturated heterocycles. The molecule has 1 saturated carbocycles. The van der Waals surface area contributed by atoms with Crippen molar-refractivity contribution in [2.75, 3.05) is 0 Å². The lowest BCUT2D eigenvalue weighted by atomic mass is 10.1. The van der Waals surface area contributed by atoms with Gasteiger partial charge in [0.2, 0.25) is 5.91 Å². The molecule has 0 unspecified atom stereocenters. The highest BCUT2D eigenvalue weighted by atomic mass is 19.3. The normalized spacial score (nSPS) is 13.7. The van der Waals surface area contributed by atoms with E-state index in [0.29, 0.717) is 5.56 Å². The minimum atomic E-state index is -2.90. The summed E-state index contributed by atoms with van der Waals surface area (Å²) in [6.45, 7) is -2.83. The zero-order chi connectivity index (χ0) is 18.7. The number of rotatable bonds is 7. The van der Waals surface area contributed by atoms with Crippen molar-refractivity contribution < 1.29 is 27.1 Å². The second kappa shape index (κ2) is 7.76. The van der Waals surface area contributed by atoms with Crippen molar-refractivity contribution in [2.24, 2.45) is 0 Å². The van der Waals surface area contributed by atoms with Gasteiger partial charge in [0.05, 0.1) is 6.42 Å². The summed E-state index contributed by atoms with van der Waals surface area (Å²) in [7, 11) is 0. The zero-order valence-corrected chi connectivity index (χ0v) is 13.8. The van der Waals surface area contributed by atoms with Crippen molar-refractivity contribution in [2.45, 2.75) is 38.5 Å². The third-order valence-electron chi connectivity index (χ3n) is 4.17. The molecular weight excluding hydrogens is 350 g/mol. The third kappa shape index (κ3) is 4.74. The Morgan fingerprint density at radius 2 is 1.81 bits per heavy atom. The zero-order valence-electron chi connectivity index (χ0n) is 13.8. The molecule has 2 aromatic rings. The molecule has 1 aliphatic carbocycles. The third-order valence-corrected chi connectivity index (χ3v) is 4.17. The summed E-state index contributed by atoms with van der Waals surface area (Å²) in [6.07, 6.45) is 1.75. The van der Waals surface area contributed by atoms with Crippen LogP contribution in [-0.4, -0.2) is 23.5 Å². The van der Waals surface area contributed by atoms with E-state index in [1.807, 2.05) is 0 Å². The van der Waals surface area contributed by atoms with Crippen LogP contribution in [0.4, 0.5) is 17.6 Å². The van der Waals surface area contributed by atoms with Gasteiger partial charge >= 0.3 is 6.61 Å². The number of alkyl halides is 2. The number of halogens is 4. The van der Waals surface area contributed by atoms with Crippen molar-refractivity contribution in [1.29, 1.82) is 0 Å². The fourth-order valence-electron chi connectivity index (χ4n) is 2.71. The molecule has 1 fully saturated rings. The van der Waals surface area contributed by atoms with Gasteiger partial charge in [0.25, 0.3) is 0 Å². The number of benzene rings is 2. The van der Waals surface area contributed by atoms with E-state index in [-0.39, 0.29) is 36.2 Å². The fourth-order valence-corrected chi connectivity index (χ4v) is 2.71. The van der Waals surface area contributed by atoms with Crippen LogP contribution in [0.2, 0.25) is 0 Å². The summed E-state index contributed by atoms with van der Waals surface area (Å²) in [5, 5.41) is 0. The highest BCUT2D eigenvalue weighted by Crippen LogP contribution is 2.30. The summed E-state index contributed by atoms with van der Waals surface area (Å²) in [4.78, 5) is 14.2. The minimum Gasteiger partial charge on any atom is -0.435 e. The van der Waals surface area contributed by atoms with E-state index in [1.165, 1.54) is 18.2 Å². The molecule has 3 nitrogen and oxygen atoms in total. The van der Waals surface area contributed by atoms with Crippen molar-refractivity contribution in [1.82, 2.24) is 4.90 Å². The van der Waals surface area contributed by atoms with E-state index >= 15 is 0 Å². The molecule has 0 N–H and O–H groups in total. The number of ether oxygens (including phenoxy) is 1. The van der Waals surface area contributed by atoms with Crippen molar-refractivity contribution >= 4 is 5.91 Å². The fraction of sp³-hybridized carbons (Fsp3) is 0.316. The first kappa shape index (κ1) is 18.2. The molecule has 0 heterocycles. The molecule has 7 heteroatoms. The summed E-state index contributed by atoms with van der Waals surface area (Å²) in [5.41, 5.74) is 0.897. The number of nitrogens with zero attached hydrogens (tertiary/aromatic N) is 1.